The lowest BCUT2D eigenvalue weighted by Gasteiger charge is -2.21. The third-order valence-corrected chi connectivity index (χ3v) is 5.86. The molecule has 0 radical (unpaired) electrons. The standard InChI is InChI=1S/C25H34N2O3/c1-4-30-18-23-15-22(10-11-24(23)29-3)25(28)26-13-12-21-14-19(2)27(17-21)16-20-8-6-5-7-9-20/h5-11,15,19,21H,4,12-14,16-18H2,1-3H3,(H,26,28)/t19-,21-/m1/s1. The highest BCUT2D eigenvalue weighted by molar-refractivity contribution is 5.94. The zero-order valence-corrected chi connectivity index (χ0v) is 18.4. The molecule has 0 aromatic heterocycles. The fourth-order valence-corrected chi connectivity index (χ4v) is 4.20. The first-order valence-electron chi connectivity index (χ1n) is 10.9. The summed E-state index contributed by atoms with van der Waals surface area (Å²) in [5.74, 6) is 1.33. The van der Waals surface area contributed by atoms with Crippen LogP contribution in [0.3, 0.4) is 0 Å². The van der Waals surface area contributed by atoms with Gasteiger partial charge in [-0.25, -0.2) is 0 Å². The molecular weight excluding hydrogens is 376 g/mol. The number of carbonyl (C=O) groups is 1. The van der Waals surface area contributed by atoms with Crippen molar-refractivity contribution in [1.29, 1.82) is 0 Å². The Kier molecular flexibility index (Phi) is 8.29. The molecule has 0 unspecified atom stereocenters. The number of amides is 1. The Labute approximate surface area is 180 Å². The second kappa shape index (κ2) is 11.1. The monoisotopic (exact) mass is 410 g/mol. The number of likely N-dealkylation sites (tertiary alicyclic amines) is 1. The first kappa shape index (κ1) is 22.3. The van der Waals surface area contributed by atoms with Crippen LogP contribution in [0.15, 0.2) is 48.5 Å². The molecule has 30 heavy (non-hydrogen) atoms. The number of rotatable bonds is 10. The van der Waals surface area contributed by atoms with Gasteiger partial charge in [0.2, 0.25) is 0 Å². The molecule has 5 nitrogen and oxygen atoms in total. The van der Waals surface area contributed by atoms with Gasteiger partial charge in [0, 0.05) is 43.4 Å². The zero-order valence-electron chi connectivity index (χ0n) is 18.4. The number of benzene rings is 2. The predicted molar refractivity (Wildman–Crippen MR) is 120 cm³/mol. The molecule has 1 N–H and O–H groups in total. The van der Waals surface area contributed by atoms with E-state index < -0.39 is 0 Å². The number of methoxy groups -OCH3 is 1. The molecule has 0 aliphatic carbocycles. The number of ether oxygens (including phenoxy) is 2. The van der Waals surface area contributed by atoms with Crippen LogP contribution in [-0.2, 0) is 17.9 Å². The van der Waals surface area contributed by atoms with Gasteiger partial charge in [0.05, 0.1) is 13.7 Å². The molecule has 1 fully saturated rings. The van der Waals surface area contributed by atoms with E-state index in [9.17, 15) is 4.79 Å². The van der Waals surface area contributed by atoms with E-state index in [4.69, 9.17) is 9.47 Å². The Hall–Kier alpha value is -2.37. The highest BCUT2D eigenvalue weighted by atomic mass is 16.5. The summed E-state index contributed by atoms with van der Waals surface area (Å²) in [5.41, 5.74) is 2.91. The Bertz CT molecular complexity index is 809. The molecule has 2 aromatic rings. The molecule has 1 heterocycles. The summed E-state index contributed by atoms with van der Waals surface area (Å²) in [6.07, 6.45) is 2.19. The Morgan fingerprint density at radius 1 is 1.20 bits per heavy atom. The zero-order chi connectivity index (χ0) is 21.3. The third kappa shape index (κ3) is 6.07. The molecule has 1 amide bonds. The van der Waals surface area contributed by atoms with Crippen molar-refractivity contribution in [3.63, 3.8) is 0 Å². The molecule has 2 atom stereocenters. The number of hydrogen-bond donors (Lipinski definition) is 1. The van der Waals surface area contributed by atoms with E-state index in [1.165, 1.54) is 12.0 Å². The van der Waals surface area contributed by atoms with E-state index in [-0.39, 0.29) is 5.91 Å². The molecule has 0 spiro atoms. The van der Waals surface area contributed by atoms with Crippen LogP contribution in [0.4, 0.5) is 0 Å². The van der Waals surface area contributed by atoms with Gasteiger partial charge in [-0.3, -0.25) is 9.69 Å². The highest BCUT2D eigenvalue weighted by Gasteiger charge is 2.28. The smallest absolute Gasteiger partial charge is 0.251 e. The fourth-order valence-electron chi connectivity index (χ4n) is 4.20. The third-order valence-electron chi connectivity index (χ3n) is 5.86. The lowest BCUT2D eigenvalue weighted by atomic mass is 10.0. The first-order valence-corrected chi connectivity index (χ1v) is 10.9. The summed E-state index contributed by atoms with van der Waals surface area (Å²) in [6.45, 7) is 8.11. The van der Waals surface area contributed by atoms with Crippen molar-refractivity contribution in [3.05, 3.63) is 65.2 Å². The summed E-state index contributed by atoms with van der Waals surface area (Å²) < 4.78 is 10.9. The van der Waals surface area contributed by atoms with Crippen molar-refractivity contribution in [2.24, 2.45) is 5.92 Å². The maximum absolute atomic E-state index is 12.6. The van der Waals surface area contributed by atoms with Crippen LogP contribution in [0.5, 0.6) is 5.75 Å². The molecule has 3 rings (SSSR count). The Morgan fingerprint density at radius 3 is 2.73 bits per heavy atom. The molecule has 2 aromatic carbocycles. The van der Waals surface area contributed by atoms with Crippen molar-refractivity contribution in [1.82, 2.24) is 10.2 Å². The normalized spacial score (nSPS) is 19.0. The van der Waals surface area contributed by atoms with Gasteiger partial charge in [-0.2, -0.15) is 0 Å². The van der Waals surface area contributed by atoms with E-state index in [2.05, 4.69) is 47.5 Å². The van der Waals surface area contributed by atoms with Crippen molar-refractivity contribution in [2.45, 2.75) is 45.9 Å². The van der Waals surface area contributed by atoms with Crippen LogP contribution < -0.4 is 10.1 Å². The second-order valence-electron chi connectivity index (χ2n) is 8.07. The molecule has 1 saturated heterocycles. The molecule has 5 heteroatoms. The van der Waals surface area contributed by atoms with Gasteiger partial charge in [0.1, 0.15) is 5.75 Å². The molecule has 0 saturated carbocycles. The van der Waals surface area contributed by atoms with Crippen molar-refractivity contribution >= 4 is 5.91 Å². The molecule has 1 aliphatic heterocycles. The maximum atomic E-state index is 12.6. The van der Waals surface area contributed by atoms with E-state index in [0.29, 0.717) is 37.3 Å². The lowest BCUT2D eigenvalue weighted by Crippen LogP contribution is -2.28. The summed E-state index contributed by atoms with van der Waals surface area (Å²) in [4.78, 5) is 15.2. The first-order chi connectivity index (χ1) is 14.6. The van der Waals surface area contributed by atoms with Crippen molar-refractivity contribution in [2.75, 3.05) is 26.8 Å². The van der Waals surface area contributed by atoms with Crippen LogP contribution in [0, 0.1) is 5.92 Å². The van der Waals surface area contributed by atoms with Crippen LogP contribution in [0.2, 0.25) is 0 Å². The van der Waals surface area contributed by atoms with Crippen molar-refractivity contribution < 1.29 is 14.3 Å². The molecule has 1 aliphatic rings. The minimum Gasteiger partial charge on any atom is -0.496 e. The minimum atomic E-state index is -0.0393. The Balaban J connectivity index is 1.47. The summed E-state index contributed by atoms with van der Waals surface area (Å²) in [7, 11) is 1.63. The van der Waals surface area contributed by atoms with Gasteiger partial charge in [-0.15, -0.1) is 0 Å². The Morgan fingerprint density at radius 2 is 2.00 bits per heavy atom. The van der Waals surface area contributed by atoms with E-state index in [0.717, 1.165) is 30.8 Å². The van der Waals surface area contributed by atoms with E-state index >= 15 is 0 Å². The van der Waals surface area contributed by atoms with Gasteiger partial charge < -0.3 is 14.8 Å². The van der Waals surface area contributed by atoms with Gasteiger partial charge in [0.25, 0.3) is 5.91 Å². The average Bonchev–Trinajstić information content (AvgIpc) is 3.11. The SMILES string of the molecule is CCOCc1cc(C(=O)NCC[C@@H]2C[C@@H](C)N(Cc3ccccc3)C2)ccc1OC. The van der Waals surface area contributed by atoms with Crippen LogP contribution in [0.25, 0.3) is 0 Å². The molecule has 162 valence electrons. The number of hydrogen-bond acceptors (Lipinski definition) is 4. The van der Waals surface area contributed by atoms with Gasteiger partial charge in [-0.1, -0.05) is 30.3 Å². The summed E-state index contributed by atoms with van der Waals surface area (Å²) in [5, 5.41) is 3.09. The molecule has 0 bridgehead atoms. The molecular formula is C25H34N2O3. The van der Waals surface area contributed by atoms with Crippen LogP contribution in [0.1, 0.15) is 48.2 Å². The van der Waals surface area contributed by atoms with Crippen molar-refractivity contribution in [3.8, 4) is 5.75 Å². The minimum absolute atomic E-state index is 0.0393. The largest absolute Gasteiger partial charge is 0.496 e. The van der Waals surface area contributed by atoms with Crippen LogP contribution >= 0.6 is 0 Å². The topological polar surface area (TPSA) is 50.8 Å². The number of nitrogens with one attached hydrogen (secondary N) is 1. The van der Waals surface area contributed by atoms with Crippen LogP contribution in [-0.4, -0.2) is 43.7 Å². The summed E-state index contributed by atoms with van der Waals surface area (Å²) >= 11 is 0. The van der Waals surface area contributed by atoms with Gasteiger partial charge in [0.15, 0.2) is 0 Å². The maximum Gasteiger partial charge on any atom is 0.251 e. The summed E-state index contributed by atoms with van der Waals surface area (Å²) in [6, 6.07) is 16.7. The second-order valence-corrected chi connectivity index (χ2v) is 8.07. The van der Waals surface area contributed by atoms with Gasteiger partial charge in [-0.05, 0) is 56.4 Å². The highest BCUT2D eigenvalue weighted by Crippen LogP contribution is 2.27. The number of nitrogens with zero attached hydrogens (tertiary/aromatic N) is 1. The lowest BCUT2D eigenvalue weighted by molar-refractivity contribution is 0.0950. The van der Waals surface area contributed by atoms with E-state index in [1.807, 2.05) is 25.1 Å². The van der Waals surface area contributed by atoms with E-state index in [1.54, 1.807) is 7.11 Å². The quantitative estimate of drug-likeness (QED) is 0.636. The fraction of sp³-hybridized carbons (Fsp3) is 0.480. The predicted octanol–water partition coefficient (Wildman–Crippen LogP) is 4.26. The number of carbonyl (C=O) groups excluding carboxylic acids is 1. The average molecular weight is 411 g/mol. The van der Waals surface area contributed by atoms with Gasteiger partial charge >= 0.3 is 0 Å².